The van der Waals surface area contributed by atoms with Crippen molar-refractivity contribution in [2.45, 2.75) is 37.9 Å². The van der Waals surface area contributed by atoms with Crippen LogP contribution in [0.25, 0.3) is 0 Å². The predicted molar refractivity (Wildman–Crippen MR) is 55.0 cm³/mol. The van der Waals surface area contributed by atoms with E-state index in [9.17, 15) is 10.2 Å². The van der Waals surface area contributed by atoms with E-state index in [1.54, 1.807) is 0 Å². The molecule has 2 N–H and O–H groups in total. The molecule has 2 heteroatoms. The molecule has 0 radical (unpaired) electrons. The third-order valence-electron chi connectivity index (χ3n) is 2.93. The van der Waals surface area contributed by atoms with Crippen LogP contribution in [0.1, 0.15) is 36.5 Å². The summed E-state index contributed by atoms with van der Waals surface area (Å²) in [5.41, 5.74) is 2.08. The fourth-order valence-electron chi connectivity index (χ4n) is 2.08. The highest BCUT2D eigenvalue weighted by Gasteiger charge is 2.22. The Morgan fingerprint density at radius 1 is 1.07 bits per heavy atom. The second-order valence-corrected chi connectivity index (χ2v) is 3.96. The molecular formula is C12H16O2. The summed E-state index contributed by atoms with van der Waals surface area (Å²) in [6.07, 6.45) is 2.51. The Balaban J connectivity index is 2.35. The van der Waals surface area contributed by atoms with E-state index < -0.39 is 12.2 Å². The third kappa shape index (κ3) is 1.81. The van der Waals surface area contributed by atoms with Crippen molar-refractivity contribution in [3.05, 3.63) is 35.4 Å². The lowest BCUT2D eigenvalue weighted by Gasteiger charge is -2.23. The van der Waals surface area contributed by atoms with Crippen molar-refractivity contribution in [2.75, 3.05) is 0 Å². The molecule has 14 heavy (non-hydrogen) atoms. The van der Waals surface area contributed by atoms with E-state index in [0.29, 0.717) is 6.42 Å². The van der Waals surface area contributed by atoms with Crippen LogP contribution in [-0.2, 0) is 6.42 Å². The molecule has 0 bridgehead atoms. The number of aliphatic hydroxyl groups is 2. The van der Waals surface area contributed by atoms with Gasteiger partial charge in [-0.2, -0.15) is 0 Å². The summed E-state index contributed by atoms with van der Waals surface area (Å²) in [4.78, 5) is 0. The molecule has 0 amide bonds. The largest absolute Gasteiger partial charge is 0.390 e. The van der Waals surface area contributed by atoms with E-state index in [-0.39, 0.29) is 0 Å². The summed E-state index contributed by atoms with van der Waals surface area (Å²) in [5.74, 6) is 0. The van der Waals surface area contributed by atoms with E-state index in [2.05, 4.69) is 0 Å². The number of aliphatic hydroxyl groups excluding tert-OH is 2. The van der Waals surface area contributed by atoms with Crippen molar-refractivity contribution in [3.8, 4) is 0 Å². The van der Waals surface area contributed by atoms with Crippen LogP contribution in [-0.4, -0.2) is 16.3 Å². The second kappa shape index (κ2) is 4.11. The molecule has 0 saturated heterocycles. The van der Waals surface area contributed by atoms with Gasteiger partial charge in [0.1, 0.15) is 6.10 Å². The third-order valence-corrected chi connectivity index (χ3v) is 2.93. The Labute approximate surface area is 84.2 Å². The van der Waals surface area contributed by atoms with Crippen molar-refractivity contribution in [1.82, 2.24) is 0 Å². The molecule has 0 aromatic heterocycles. The summed E-state index contributed by atoms with van der Waals surface area (Å²) in [6, 6.07) is 7.85. The molecule has 1 aliphatic carbocycles. The SMILES string of the molecule is OC1CCCCc2ccccc2C1O. The van der Waals surface area contributed by atoms with Crippen LogP contribution in [0.2, 0.25) is 0 Å². The summed E-state index contributed by atoms with van der Waals surface area (Å²) >= 11 is 0. The summed E-state index contributed by atoms with van der Waals surface area (Å²) in [6.45, 7) is 0. The number of benzene rings is 1. The number of fused-ring (bicyclic) bond motifs is 1. The Kier molecular flexibility index (Phi) is 2.85. The Morgan fingerprint density at radius 3 is 2.71 bits per heavy atom. The maximum Gasteiger partial charge on any atom is 0.105 e. The van der Waals surface area contributed by atoms with Gasteiger partial charge in [-0.1, -0.05) is 30.7 Å². The number of aryl methyl sites for hydroxylation is 1. The first-order valence-corrected chi connectivity index (χ1v) is 5.23. The highest BCUT2D eigenvalue weighted by atomic mass is 16.3. The lowest BCUT2D eigenvalue weighted by molar-refractivity contribution is 0.00988. The van der Waals surface area contributed by atoms with Crippen LogP contribution in [0.5, 0.6) is 0 Å². The normalized spacial score (nSPS) is 27.6. The topological polar surface area (TPSA) is 40.5 Å². The molecule has 0 heterocycles. The molecule has 76 valence electrons. The molecule has 0 fully saturated rings. The number of rotatable bonds is 0. The van der Waals surface area contributed by atoms with Gasteiger partial charge in [0, 0.05) is 0 Å². The zero-order chi connectivity index (χ0) is 9.97. The van der Waals surface area contributed by atoms with Crippen LogP contribution in [0.4, 0.5) is 0 Å². The first kappa shape index (κ1) is 9.69. The monoisotopic (exact) mass is 192 g/mol. The van der Waals surface area contributed by atoms with Crippen molar-refractivity contribution >= 4 is 0 Å². The van der Waals surface area contributed by atoms with Gasteiger partial charge in [0.2, 0.25) is 0 Å². The average molecular weight is 192 g/mol. The van der Waals surface area contributed by atoms with Gasteiger partial charge in [-0.25, -0.2) is 0 Å². The molecule has 2 rings (SSSR count). The van der Waals surface area contributed by atoms with Gasteiger partial charge < -0.3 is 10.2 Å². The summed E-state index contributed by atoms with van der Waals surface area (Å²) in [5, 5.41) is 19.6. The van der Waals surface area contributed by atoms with E-state index in [4.69, 9.17) is 0 Å². The molecule has 1 aromatic rings. The van der Waals surface area contributed by atoms with Gasteiger partial charge >= 0.3 is 0 Å². The van der Waals surface area contributed by atoms with E-state index >= 15 is 0 Å². The highest BCUT2D eigenvalue weighted by molar-refractivity contribution is 5.30. The second-order valence-electron chi connectivity index (χ2n) is 3.96. The lowest BCUT2D eigenvalue weighted by Crippen LogP contribution is -2.21. The fourth-order valence-corrected chi connectivity index (χ4v) is 2.08. The molecule has 0 saturated carbocycles. The minimum atomic E-state index is -0.702. The van der Waals surface area contributed by atoms with Crippen LogP contribution < -0.4 is 0 Å². The smallest absolute Gasteiger partial charge is 0.105 e. The van der Waals surface area contributed by atoms with Crippen LogP contribution >= 0.6 is 0 Å². The first-order valence-electron chi connectivity index (χ1n) is 5.23. The molecule has 2 atom stereocenters. The minimum absolute atomic E-state index is 0.601. The standard InChI is InChI=1S/C12H16O2/c13-11-8-4-2-6-9-5-1-3-7-10(9)12(11)14/h1,3,5,7,11-14H,2,4,6,8H2. The van der Waals surface area contributed by atoms with Crippen LogP contribution in [0, 0.1) is 0 Å². The van der Waals surface area contributed by atoms with Crippen molar-refractivity contribution in [1.29, 1.82) is 0 Å². The Morgan fingerprint density at radius 2 is 1.86 bits per heavy atom. The van der Waals surface area contributed by atoms with Gasteiger partial charge in [0.15, 0.2) is 0 Å². The molecule has 2 unspecified atom stereocenters. The van der Waals surface area contributed by atoms with Crippen molar-refractivity contribution < 1.29 is 10.2 Å². The quantitative estimate of drug-likeness (QED) is 0.658. The van der Waals surface area contributed by atoms with E-state index in [1.807, 2.05) is 24.3 Å². The molecule has 2 nitrogen and oxygen atoms in total. The zero-order valence-electron chi connectivity index (χ0n) is 8.19. The fraction of sp³-hybridized carbons (Fsp3) is 0.500. The van der Waals surface area contributed by atoms with Crippen LogP contribution in [0.3, 0.4) is 0 Å². The van der Waals surface area contributed by atoms with Crippen LogP contribution in [0.15, 0.2) is 24.3 Å². The molecule has 1 aliphatic rings. The Bertz CT molecular complexity index is 309. The molecular weight excluding hydrogens is 176 g/mol. The average Bonchev–Trinajstić information content (AvgIpc) is 2.22. The predicted octanol–water partition coefficient (Wildman–Crippen LogP) is 1.81. The zero-order valence-corrected chi connectivity index (χ0v) is 8.19. The minimum Gasteiger partial charge on any atom is -0.390 e. The Hall–Kier alpha value is -0.860. The van der Waals surface area contributed by atoms with E-state index in [0.717, 1.165) is 24.8 Å². The van der Waals surface area contributed by atoms with Gasteiger partial charge in [-0.15, -0.1) is 0 Å². The van der Waals surface area contributed by atoms with E-state index in [1.165, 1.54) is 5.56 Å². The lowest BCUT2D eigenvalue weighted by atomic mass is 9.90. The molecule has 0 aliphatic heterocycles. The highest BCUT2D eigenvalue weighted by Crippen LogP contribution is 2.27. The van der Waals surface area contributed by atoms with Gasteiger partial charge in [-0.3, -0.25) is 0 Å². The van der Waals surface area contributed by atoms with Crippen molar-refractivity contribution in [3.63, 3.8) is 0 Å². The van der Waals surface area contributed by atoms with Gasteiger partial charge in [-0.05, 0) is 30.4 Å². The maximum atomic E-state index is 9.88. The first-order chi connectivity index (χ1) is 6.79. The van der Waals surface area contributed by atoms with Gasteiger partial charge in [0.25, 0.3) is 0 Å². The maximum absolute atomic E-state index is 9.88. The van der Waals surface area contributed by atoms with Crippen molar-refractivity contribution in [2.24, 2.45) is 0 Å². The molecule has 0 spiro atoms. The molecule has 1 aromatic carbocycles. The van der Waals surface area contributed by atoms with Gasteiger partial charge in [0.05, 0.1) is 6.10 Å². The number of hydrogen-bond donors (Lipinski definition) is 2. The summed E-state index contributed by atoms with van der Waals surface area (Å²) < 4.78 is 0. The summed E-state index contributed by atoms with van der Waals surface area (Å²) in [7, 11) is 0. The number of hydrogen-bond acceptors (Lipinski definition) is 2.